The second-order valence-electron chi connectivity index (χ2n) is 6.99. The van der Waals surface area contributed by atoms with Gasteiger partial charge in [-0.1, -0.05) is 53.7 Å². The first-order valence-corrected chi connectivity index (χ1v) is 7.10. The van der Waals surface area contributed by atoms with Crippen LogP contribution in [0.2, 0.25) is 0 Å². The Morgan fingerprint density at radius 2 is 1.72 bits per heavy atom. The smallest absolute Gasteiger partial charge is 0.0801 e. The summed E-state index contributed by atoms with van der Waals surface area (Å²) in [6.07, 6.45) is 0.565. The van der Waals surface area contributed by atoms with Gasteiger partial charge in [-0.25, -0.2) is 0 Å². The van der Waals surface area contributed by atoms with Crippen LogP contribution in [0.3, 0.4) is 0 Å². The molecule has 0 unspecified atom stereocenters. The fourth-order valence-electron chi connectivity index (χ4n) is 3.24. The highest BCUT2D eigenvalue weighted by Crippen LogP contribution is 2.48. The van der Waals surface area contributed by atoms with Crippen molar-refractivity contribution in [2.75, 3.05) is 0 Å². The summed E-state index contributed by atoms with van der Waals surface area (Å²) in [5.74, 6) is 1.03. The van der Waals surface area contributed by atoms with Gasteiger partial charge in [-0.3, -0.25) is 0 Å². The standard InChI is InChI=1S/C17H26O/c1-10(2)12-7-13(11(3)4)16-14(8-12)15(18)9-17(16,5)6/h7-8,10-11,15,18H,9H2,1-6H3/t15-/m0/s1. The first-order chi connectivity index (χ1) is 8.24. The zero-order chi connectivity index (χ0) is 13.7. The second kappa shape index (κ2) is 4.38. The molecule has 18 heavy (non-hydrogen) atoms. The summed E-state index contributed by atoms with van der Waals surface area (Å²) >= 11 is 0. The molecule has 0 saturated carbocycles. The molecular formula is C17H26O. The van der Waals surface area contributed by atoms with Crippen molar-refractivity contribution < 1.29 is 5.11 Å². The molecule has 1 N–H and O–H groups in total. The molecule has 100 valence electrons. The molecule has 1 aromatic carbocycles. The van der Waals surface area contributed by atoms with Crippen molar-refractivity contribution in [2.24, 2.45) is 0 Å². The predicted molar refractivity (Wildman–Crippen MR) is 77.2 cm³/mol. The molecule has 1 nitrogen and oxygen atoms in total. The monoisotopic (exact) mass is 246 g/mol. The van der Waals surface area contributed by atoms with Gasteiger partial charge >= 0.3 is 0 Å². The minimum Gasteiger partial charge on any atom is -0.388 e. The average molecular weight is 246 g/mol. The van der Waals surface area contributed by atoms with Crippen LogP contribution in [0.4, 0.5) is 0 Å². The number of rotatable bonds is 2. The van der Waals surface area contributed by atoms with E-state index in [1.54, 1.807) is 0 Å². The van der Waals surface area contributed by atoms with Crippen molar-refractivity contribution in [1.82, 2.24) is 0 Å². The van der Waals surface area contributed by atoms with E-state index >= 15 is 0 Å². The largest absolute Gasteiger partial charge is 0.388 e. The molecule has 1 aliphatic rings. The fraction of sp³-hybridized carbons (Fsp3) is 0.647. The molecule has 0 amide bonds. The van der Waals surface area contributed by atoms with Gasteiger partial charge in [0.1, 0.15) is 0 Å². The Hall–Kier alpha value is -0.820. The zero-order valence-electron chi connectivity index (χ0n) is 12.5. The highest BCUT2D eigenvalue weighted by atomic mass is 16.3. The fourth-order valence-corrected chi connectivity index (χ4v) is 3.24. The topological polar surface area (TPSA) is 20.2 Å². The predicted octanol–water partition coefficient (Wildman–Crippen LogP) is 4.65. The van der Waals surface area contributed by atoms with Gasteiger partial charge in [0.05, 0.1) is 6.10 Å². The Morgan fingerprint density at radius 3 is 2.22 bits per heavy atom. The van der Waals surface area contributed by atoms with E-state index in [-0.39, 0.29) is 11.5 Å². The van der Waals surface area contributed by atoms with E-state index in [9.17, 15) is 5.11 Å². The normalized spacial score (nSPS) is 21.7. The first-order valence-electron chi connectivity index (χ1n) is 7.10. The van der Waals surface area contributed by atoms with Crippen molar-refractivity contribution in [1.29, 1.82) is 0 Å². The number of hydrogen-bond donors (Lipinski definition) is 1. The van der Waals surface area contributed by atoms with Crippen molar-refractivity contribution in [2.45, 2.75) is 71.3 Å². The van der Waals surface area contributed by atoms with Gasteiger partial charge in [0, 0.05) is 0 Å². The molecule has 2 rings (SSSR count). The van der Waals surface area contributed by atoms with Crippen LogP contribution in [0.25, 0.3) is 0 Å². The lowest BCUT2D eigenvalue weighted by molar-refractivity contribution is 0.161. The molecule has 0 radical (unpaired) electrons. The molecule has 0 heterocycles. The lowest BCUT2D eigenvalue weighted by atomic mass is 9.79. The number of aliphatic hydroxyl groups excluding tert-OH is 1. The van der Waals surface area contributed by atoms with Crippen LogP contribution in [-0.4, -0.2) is 5.11 Å². The van der Waals surface area contributed by atoms with Crippen LogP contribution in [-0.2, 0) is 5.41 Å². The molecular weight excluding hydrogens is 220 g/mol. The number of aliphatic hydroxyl groups is 1. The van der Waals surface area contributed by atoms with Crippen molar-refractivity contribution in [3.63, 3.8) is 0 Å². The van der Waals surface area contributed by atoms with Crippen LogP contribution in [0.1, 0.15) is 88.2 Å². The minimum atomic E-state index is -0.286. The van der Waals surface area contributed by atoms with E-state index in [2.05, 4.69) is 53.7 Å². The SMILES string of the molecule is CC(C)c1cc(C(C)C)c2c(c1)[C@@H](O)CC2(C)C. The molecule has 0 spiro atoms. The van der Waals surface area contributed by atoms with E-state index in [0.717, 1.165) is 6.42 Å². The Bertz CT molecular complexity index is 455. The van der Waals surface area contributed by atoms with Gasteiger partial charge in [-0.05, 0) is 45.9 Å². The molecule has 1 heteroatoms. The maximum absolute atomic E-state index is 10.3. The van der Waals surface area contributed by atoms with Crippen LogP contribution >= 0.6 is 0 Å². The second-order valence-corrected chi connectivity index (χ2v) is 6.99. The van der Waals surface area contributed by atoms with Gasteiger partial charge in [0.15, 0.2) is 0 Å². The highest BCUT2D eigenvalue weighted by Gasteiger charge is 2.38. The molecule has 0 bridgehead atoms. The van der Waals surface area contributed by atoms with Gasteiger partial charge in [-0.15, -0.1) is 0 Å². The summed E-state index contributed by atoms with van der Waals surface area (Å²) in [5.41, 5.74) is 5.46. The maximum Gasteiger partial charge on any atom is 0.0801 e. The third-order valence-corrected chi connectivity index (χ3v) is 4.25. The minimum absolute atomic E-state index is 0.101. The number of benzene rings is 1. The number of hydrogen-bond acceptors (Lipinski definition) is 1. The summed E-state index contributed by atoms with van der Waals surface area (Å²) in [4.78, 5) is 0. The Morgan fingerprint density at radius 1 is 1.11 bits per heavy atom. The molecule has 1 aromatic rings. The van der Waals surface area contributed by atoms with Gasteiger partial charge in [-0.2, -0.15) is 0 Å². The number of fused-ring (bicyclic) bond motifs is 1. The lowest BCUT2D eigenvalue weighted by Crippen LogP contribution is -2.16. The third kappa shape index (κ3) is 2.09. The summed E-state index contributed by atoms with van der Waals surface area (Å²) < 4.78 is 0. The quantitative estimate of drug-likeness (QED) is 0.805. The molecule has 0 fully saturated rings. The van der Waals surface area contributed by atoms with Crippen LogP contribution in [0.15, 0.2) is 12.1 Å². The molecule has 0 aromatic heterocycles. The Kier molecular flexibility index (Phi) is 3.31. The van der Waals surface area contributed by atoms with Crippen molar-refractivity contribution in [3.8, 4) is 0 Å². The van der Waals surface area contributed by atoms with Gasteiger partial charge in [0.2, 0.25) is 0 Å². The van der Waals surface area contributed by atoms with Gasteiger partial charge in [0.25, 0.3) is 0 Å². The van der Waals surface area contributed by atoms with Crippen molar-refractivity contribution >= 4 is 0 Å². The highest BCUT2D eigenvalue weighted by molar-refractivity contribution is 5.50. The van der Waals surface area contributed by atoms with Crippen LogP contribution in [0, 0.1) is 0 Å². The molecule has 1 aliphatic carbocycles. The molecule has 1 atom stereocenters. The first kappa shape index (κ1) is 13.6. The lowest BCUT2D eigenvalue weighted by Gasteiger charge is -2.25. The maximum atomic E-state index is 10.3. The van der Waals surface area contributed by atoms with Gasteiger partial charge < -0.3 is 5.11 Å². The van der Waals surface area contributed by atoms with E-state index in [4.69, 9.17) is 0 Å². The summed E-state index contributed by atoms with van der Waals surface area (Å²) in [7, 11) is 0. The van der Waals surface area contributed by atoms with Crippen LogP contribution < -0.4 is 0 Å². The van der Waals surface area contributed by atoms with Crippen LogP contribution in [0.5, 0.6) is 0 Å². The molecule has 0 saturated heterocycles. The molecule has 0 aliphatic heterocycles. The van der Waals surface area contributed by atoms with Crippen molar-refractivity contribution in [3.05, 3.63) is 34.4 Å². The van der Waals surface area contributed by atoms with E-state index in [0.29, 0.717) is 11.8 Å². The summed E-state index contributed by atoms with van der Waals surface area (Å²) in [6, 6.07) is 4.58. The van der Waals surface area contributed by atoms with E-state index < -0.39 is 0 Å². The van der Waals surface area contributed by atoms with E-state index in [1.165, 1.54) is 22.3 Å². The summed E-state index contributed by atoms with van der Waals surface area (Å²) in [6.45, 7) is 13.4. The average Bonchev–Trinajstić information content (AvgIpc) is 2.48. The Labute approximate surface area is 111 Å². The van der Waals surface area contributed by atoms with E-state index in [1.807, 2.05) is 0 Å². The third-order valence-electron chi connectivity index (χ3n) is 4.25. The summed E-state index contributed by atoms with van der Waals surface area (Å²) in [5, 5.41) is 10.3. The Balaban J connectivity index is 2.69. The zero-order valence-corrected chi connectivity index (χ0v) is 12.5.